The summed E-state index contributed by atoms with van der Waals surface area (Å²) in [6.07, 6.45) is 2.40. The minimum Gasteiger partial charge on any atom is -0.484 e. The van der Waals surface area contributed by atoms with Crippen molar-refractivity contribution in [1.29, 1.82) is 0 Å². The highest BCUT2D eigenvalue weighted by Gasteiger charge is 2.18. The summed E-state index contributed by atoms with van der Waals surface area (Å²) in [5.74, 6) is -0.131. The summed E-state index contributed by atoms with van der Waals surface area (Å²) in [7, 11) is 0. The number of rotatable bonds is 9. The van der Waals surface area contributed by atoms with Crippen molar-refractivity contribution in [3.05, 3.63) is 63.6 Å². The molecular weight excluding hydrogens is 425 g/mol. The zero-order valence-corrected chi connectivity index (χ0v) is 18.2. The third-order valence-corrected chi connectivity index (χ3v) is 5.84. The first-order chi connectivity index (χ1) is 14.4. The second-order valence-electron chi connectivity index (χ2n) is 7.29. The number of likely N-dealkylation sites (tertiary alicyclic amines) is 1. The van der Waals surface area contributed by atoms with Gasteiger partial charge in [-0.25, -0.2) is 0 Å². The Labute approximate surface area is 186 Å². The summed E-state index contributed by atoms with van der Waals surface area (Å²) in [5.41, 5.74) is 6.54. The van der Waals surface area contributed by atoms with Crippen LogP contribution in [0, 0.1) is 0 Å². The summed E-state index contributed by atoms with van der Waals surface area (Å²) in [5, 5.41) is 0.949. The van der Waals surface area contributed by atoms with Crippen LogP contribution in [0.5, 0.6) is 5.75 Å². The number of carbonyl (C=O) groups is 2. The molecule has 0 atom stereocenters. The van der Waals surface area contributed by atoms with Gasteiger partial charge in [-0.15, -0.1) is 0 Å². The van der Waals surface area contributed by atoms with E-state index in [4.69, 9.17) is 33.7 Å². The lowest BCUT2D eigenvalue weighted by Gasteiger charge is -2.26. The summed E-state index contributed by atoms with van der Waals surface area (Å²) >= 11 is 12.1. The van der Waals surface area contributed by atoms with Gasteiger partial charge in [0.15, 0.2) is 6.61 Å². The van der Waals surface area contributed by atoms with E-state index in [1.54, 1.807) is 41.3 Å². The molecule has 1 fully saturated rings. The number of nitrogens with two attached hydrogens (primary N) is 1. The van der Waals surface area contributed by atoms with Crippen molar-refractivity contribution in [2.24, 2.45) is 5.73 Å². The molecule has 2 amide bonds. The molecule has 0 aromatic heterocycles. The average molecular weight is 450 g/mol. The average Bonchev–Trinajstić information content (AvgIpc) is 3.25. The van der Waals surface area contributed by atoms with Gasteiger partial charge in [-0.1, -0.05) is 29.3 Å². The zero-order chi connectivity index (χ0) is 21.5. The van der Waals surface area contributed by atoms with Gasteiger partial charge in [-0.05, 0) is 67.9 Å². The lowest BCUT2D eigenvalue weighted by Crippen LogP contribution is -2.39. The second kappa shape index (κ2) is 10.7. The Morgan fingerprint density at radius 3 is 2.37 bits per heavy atom. The Balaban J connectivity index is 1.63. The smallest absolute Gasteiger partial charge is 0.260 e. The monoisotopic (exact) mass is 449 g/mol. The maximum atomic E-state index is 12.9. The third kappa shape index (κ3) is 6.36. The summed E-state index contributed by atoms with van der Waals surface area (Å²) in [4.78, 5) is 28.2. The normalized spacial score (nSPS) is 13.9. The van der Waals surface area contributed by atoms with Crippen LogP contribution in [0.3, 0.4) is 0 Å². The van der Waals surface area contributed by atoms with Crippen LogP contribution in [0.25, 0.3) is 0 Å². The van der Waals surface area contributed by atoms with E-state index in [1.165, 1.54) is 12.8 Å². The fourth-order valence-corrected chi connectivity index (χ4v) is 3.69. The number of ether oxygens (including phenoxy) is 1. The second-order valence-corrected chi connectivity index (χ2v) is 8.10. The number of halogens is 2. The fraction of sp³-hybridized carbons (Fsp3) is 0.364. The predicted octanol–water partition coefficient (Wildman–Crippen LogP) is 3.60. The van der Waals surface area contributed by atoms with Gasteiger partial charge in [0.1, 0.15) is 5.75 Å². The molecule has 3 rings (SSSR count). The van der Waals surface area contributed by atoms with Crippen molar-refractivity contribution in [3.8, 4) is 5.75 Å². The molecule has 0 saturated carbocycles. The number of primary amides is 1. The van der Waals surface area contributed by atoms with Crippen molar-refractivity contribution in [2.75, 3.05) is 32.8 Å². The van der Waals surface area contributed by atoms with Crippen LogP contribution < -0.4 is 10.5 Å². The Kier molecular flexibility index (Phi) is 7.96. The SMILES string of the molecule is NC(=O)c1ccc(OCC(=O)N(CCN2CCCC2)Cc2ccc(Cl)c(Cl)c2)cc1. The van der Waals surface area contributed by atoms with Crippen molar-refractivity contribution in [3.63, 3.8) is 0 Å². The van der Waals surface area contributed by atoms with Gasteiger partial charge in [-0.3, -0.25) is 9.59 Å². The molecule has 1 aliphatic heterocycles. The van der Waals surface area contributed by atoms with Gasteiger partial charge in [0.2, 0.25) is 5.91 Å². The highest BCUT2D eigenvalue weighted by molar-refractivity contribution is 6.42. The summed E-state index contributed by atoms with van der Waals surface area (Å²) in [6.45, 7) is 3.88. The maximum absolute atomic E-state index is 12.9. The Hall–Kier alpha value is -2.28. The molecule has 0 aliphatic carbocycles. The van der Waals surface area contributed by atoms with E-state index < -0.39 is 5.91 Å². The zero-order valence-electron chi connectivity index (χ0n) is 16.7. The van der Waals surface area contributed by atoms with Gasteiger partial charge >= 0.3 is 0 Å². The highest BCUT2D eigenvalue weighted by Crippen LogP contribution is 2.23. The lowest BCUT2D eigenvalue weighted by atomic mass is 10.2. The van der Waals surface area contributed by atoms with Crippen molar-refractivity contribution >= 4 is 35.0 Å². The van der Waals surface area contributed by atoms with Crippen LogP contribution in [0.4, 0.5) is 0 Å². The molecule has 8 heteroatoms. The highest BCUT2D eigenvalue weighted by atomic mass is 35.5. The molecule has 0 bridgehead atoms. The molecule has 2 N–H and O–H groups in total. The maximum Gasteiger partial charge on any atom is 0.260 e. The van der Waals surface area contributed by atoms with Crippen molar-refractivity contribution in [1.82, 2.24) is 9.80 Å². The Bertz CT molecular complexity index is 884. The Morgan fingerprint density at radius 1 is 1.03 bits per heavy atom. The van der Waals surface area contributed by atoms with Gasteiger partial charge in [-0.2, -0.15) is 0 Å². The van der Waals surface area contributed by atoms with E-state index >= 15 is 0 Å². The van der Waals surface area contributed by atoms with E-state index in [0.717, 1.165) is 25.2 Å². The van der Waals surface area contributed by atoms with Gasteiger partial charge in [0, 0.05) is 25.2 Å². The third-order valence-electron chi connectivity index (χ3n) is 5.10. The molecule has 0 radical (unpaired) electrons. The van der Waals surface area contributed by atoms with Crippen LogP contribution in [0.2, 0.25) is 10.0 Å². The number of nitrogens with zero attached hydrogens (tertiary/aromatic N) is 2. The van der Waals surface area contributed by atoms with Crippen molar-refractivity contribution < 1.29 is 14.3 Å². The van der Waals surface area contributed by atoms with E-state index in [9.17, 15) is 9.59 Å². The number of hydrogen-bond donors (Lipinski definition) is 1. The standard InChI is InChI=1S/C22H25Cl2N3O3/c23-19-8-3-16(13-20(19)24)14-27(12-11-26-9-1-2-10-26)21(28)15-30-18-6-4-17(5-7-18)22(25)29/h3-8,13H,1-2,9-12,14-15H2,(H2,25,29). The first-order valence-electron chi connectivity index (χ1n) is 9.89. The first-order valence-corrected chi connectivity index (χ1v) is 10.6. The molecule has 1 saturated heterocycles. The molecule has 30 heavy (non-hydrogen) atoms. The molecule has 2 aromatic rings. The molecule has 1 aliphatic rings. The summed E-state index contributed by atoms with van der Waals surface area (Å²) in [6, 6.07) is 11.8. The molecular formula is C22H25Cl2N3O3. The predicted molar refractivity (Wildman–Crippen MR) is 118 cm³/mol. The number of amides is 2. The number of benzene rings is 2. The van der Waals surface area contributed by atoms with E-state index in [-0.39, 0.29) is 12.5 Å². The molecule has 6 nitrogen and oxygen atoms in total. The van der Waals surface area contributed by atoms with Gasteiger partial charge in [0.05, 0.1) is 10.0 Å². The molecule has 0 spiro atoms. The summed E-state index contributed by atoms with van der Waals surface area (Å²) < 4.78 is 5.63. The minimum absolute atomic E-state index is 0.1000. The number of carbonyl (C=O) groups excluding carboxylic acids is 2. The topological polar surface area (TPSA) is 75.9 Å². The van der Waals surface area contributed by atoms with E-state index in [2.05, 4.69) is 4.90 Å². The fourth-order valence-electron chi connectivity index (χ4n) is 3.37. The van der Waals surface area contributed by atoms with Crippen LogP contribution in [-0.2, 0) is 11.3 Å². The van der Waals surface area contributed by atoms with E-state index in [0.29, 0.717) is 34.4 Å². The molecule has 1 heterocycles. The van der Waals surface area contributed by atoms with Gasteiger partial charge < -0.3 is 20.3 Å². The largest absolute Gasteiger partial charge is 0.484 e. The Morgan fingerprint density at radius 2 is 1.73 bits per heavy atom. The van der Waals surface area contributed by atoms with Crippen LogP contribution in [-0.4, -0.2) is 54.4 Å². The minimum atomic E-state index is -0.507. The number of hydrogen-bond acceptors (Lipinski definition) is 4. The van der Waals surface area contributed by atoms with Crippen LogP contribution in [0.1, 0.15) is 28.8 Å². The van der Waals surface area contributed by atoms with Crippen molar-refractivity contribution in [2.45, 2.75) is 19.4 Å². The molecule has 2 aromatic carbocycles. The molecule has 160 valence electrons. The first kappa shape index (κ1) is 22.4. The lowest BCUT2D eigenvalue weighted by molar-refractivity contribution is -0.134. The van der Waals surface area contributed by atoms with Gasteiger partial charge in [0.25, 0.3) is 5.91 Å². The van der Waals surface area contributed by atoms with Crippen LogP contribution in [0.15, 0.2) is 42.5 Å². The molecule has 0 unspecified atom stereocenters. The van der Waals surface area contributed by atoms with E-state index in [1.807, 2.05) is 6.07 Å². The van der Waals surface area contributed by atoms with Crippen LogP contribution >= 0.6 is 23.2 Å². The quantitative estimate of drug-likeness (QED) is 0.634.